The van der Waals surface area contributed by atoms with E-state index in [-0.39, 0.29) is 4.83 Å². The Balaban J connectivity index is 1.10. The van der Waals surface area contributed by atoms with E-state index in [0.717, 1.165) is 47.4 Å². The first-order chi connectivity index (χ1) is 14.9. The van der Waals surface area contributed by atoms with Gasteiger partial charge in [0.2, 0.25) is 0 Å². The highest BCUT2D eigenvalue weighted by Gasteiger charge is 2.57. The summed E-state index contributed by atoms with van der Waals surface area (Å²) in [5, 5.41) is 13.9. The second-order valence-electron chi connectivity index (χ2n) is 10.6. The lowest BCUT2D eigenvalue weighted by Gasteiger charge is -2.42. The lowest BCUT2D eigenvalue weighted by atomic mass is 9.62. The SMILES string of the molecule is CC1=CC(CNCCN=CC2=CC(Br)=CC(Br)C2O)CC(C23CC4CC(C2)C(C4)C3)=C1. The van der Waals surface area contributed by atoms with Gasteiger partial charge in [0.15, 0.2) is 0 Å². The molecule has 5 unspecified atom stereocenters. The smallest absolute Gasteiger partial charge is 0.0965 e. The van der Waals surface area contributed by atoms with Crippen LogP contribution in [-0.2, 0) is 0 Å². The number of allylic oxidation sites excluding steroid dienone is 5. The molecule has 6 aliphatic rings. The Labute approximate surface area is 203 Å². The van der Waals surface area contributed by atoms with Crippen LogP contribution in [0.4, 0.5) is 0 Å². The molecule has 5 atom stereocenters. The maximum absolute atomic E-state index is 10.2. The number of hydrogen-bond donors (Lipinski definition) is 2. The van der Waals surface area contributed by atoms with Crippen molar-refractivity contribution in [2.24, 2.45) is 34.1 Å². The Hall–Kier alpha value is -0.490. The van der Waals surface area contributed by atoms with E-state index in [1.54, 1.807) is 5.57 Å². The summed E-state index contributed by atoms with van der Waals surface area (Å²) in [5.74, 6) is 3.70. The van der Waals surface area contributed by atoms with Crippen molar-refractivity contribution in [1.29, 1.82) is 0 Å². The topological polar surface area (TPSA) is 44.6 Å². The maximum atomic E-state index is 10.2. The van der Waals surface area contributed by atoms with Gasteiger partial charge in [-0.3, -0.25) is 4.99 Å². The lowest BCUT2D eigenvalue weighted by Crippen LogP contribution is -2.33. The summed E-state index contributed by atoms with van der Waals surface area (Å²) in [4.78, 5) is 4.46. The van der Waals surface area contributed by atoms with Gasteiger partial charge in [0, 0.05) is 29.4 Å². The molecule has 0 radical (unpaired) electrons. The lowest BCUT2D eigenvalue weighted by molar-refractivity contribution is 0.178. The molecular formula is C26H34Br2N2O. The van der Waals surface area contributed by atoms with Crippen LogP contribution in [-0.4, -0.2) is 41.9 Å². The zero-order chi connectivity index (χ0) is 21.6. The second-order valence-corrected chi connectivity index (χ2v) is 12.6. The molecule has 0 amide bonds. The molecule has 0 heterocycles. The van der Waals surface area contributed by atoms with E-state index in [0.29, 0.717) is 11.3 Å². The van der Waals surface area contributed by atoms with Crippen LogP contribution in [0.1, 0.15) is 45.4 Å². The Bertz CT molecular complexity index is 851. The second kappa shape index (κ2) is 9.04. The van der Waals surface area contributed by atoms with Crippen LogP contribution < -0.4 is 5.32 Å². The summed E-state index contributed by atoms with van der Waals surface area (Å²) in [6.07, 6.45) is 18.9. The molecule has 0 aliphatic heterocycles. The van der Waals surface area contributed by atoms with Crippen molar-refractivity contribution in [1.82, 2.24) is 5.32 Å². The van der Waals surface area contributed by atoms with Crippen LogP contribution in [0.3, 0.4) is 0 Å². The average molecular weight is 550 g/mol. The third-order valence-corrected chi connectivity index (χ3v) is 9.58. The van der Waals surface area contributed by atoms with E-state index in [2.05, 4.69) is 61.2 Å². The molecule has 5 heteroatoms. The largest absolute Gasteiger partial charge is 0.387 e. The molecule has 0 aromatic rings. The van der Waals surface area contributed by atoms with E-state index in [4.69, 9.17) is 0 Å². The molecule has 6 rings (SSSR count). The van der Waals surface area contributed by atoms with Crippen molar-refractivity contribution in [3.8, 4) is 0 Å². The first-order valence-corrected chi connectivity index (χ1v) is 13.6. The number of alkyl halides is 1. The number of rotatable bonds is 7. The monoisotopic (exact) mass is 548 g/mol. The highest BCUT2D eigenvalue weighted by Crippen LogP contribution is 2.67. The maximum Gasteiger partial charge on any atom is 0.0965 e. The van der Waals surface area contributed by atoms with Crippen LogP contribution in [0.2, 0.25) is 0 Å². The van der Waals surface area contributed by atoms with E-state index in [9.17, 15) is 5.11 Å². The zero-order valence-electron chi connectivity index (χ0n) is 18.4. The van der Waals surface area contributed by atoms with Gasteiger partial charge in [-0.25, -0.2) is 0 Å². The number of aliphatic hydroxyl groups is 1. The molecule has 0 saturated heterocycles. The van der Waals surface area contributed by atoms with Gasteiger partial charge in [-0.2, -0.15) is 0 Å². The van der Waals surface area contributed by atoms with Crippen LogP contribution in [0, 0.1) is 29.1 Å². The van der Waals surface area contributed by atoms with Crippen LogP contribution in [0.5, 0.6) is 0 Å². The van der Waals surface area contributed by atoms with Gasteiger partial charge in [-0.15, -0.1) is 0 Å². The Morgan fingerprint density at radius 2 is 1.97 bits per heavy atom. The predicted octanol–water partition coefficient (Wildman–Crippen LogP) is 5.71. The summed E-state index contributed by atoms with van der Waals surface area (Å²) in [5.41, 5.74) is 4.63. The molecule has 2 N–H and O–H groups in total. The van der Waals surface area contributed by atoms with Crippen molar-refractivity contribution in [3.63, 3.8) is 0 Å². The van der Waals surface area contributed by atoms with E-state index >= 15 is 0 Å². The van der Waals surface area contributed by atoms with Gasteiger partial charge in [0.25, 0.3) is 0 Å². The fraction of sp³-hybridized carbons (Fsp3) is 0.654. The minimum absolute atomic E-state index is 0.0697. The van der Waals surface area contributed by atoms with Crippen molar-refractivity contribution in [2.45, 2.75) is 56.4 Å². The van der Waals surface area contributed by atoms with Gasteiger partial charge in [-0.1, -0.05) is 61.2 Å². The number of halogens is 2. The molecule has 31 heavy (non-hydrogen) atoms. The van der Waals surface area contributed by atoms with Crippen molar-refractivity contribution >= 4 is 38.1 Å². The standard InChI is InChI=1S/C26H34Br2N2O/c1-16-4-18(8-22(5-16)26-11-17-6-19(12-26)20(7-17)13-26)14-29-2-3-30-15-21-9-23(27)10-24(28)25(21)31/h4-5,9-10,15,17-20,24-25,29,31H,2-3,6-8,11-14H2,1H3. The zero-order valence-corrected chi connectivity index (χ0v) is 21.5. The molecule has 6 aliphatic carbocycles. The van der Waals surface area contributed by atoms with E-state index < -0.39 is 6.10 Å². The number of nitrogens with zero attached hydrogens (tertiary/aromatic N) is 1. The molecule has 0 aromatic carbocycles. The summed E-state index contributed by atoms with van der Waals surface area (Å²) < 4.78 is 0.978. The fourth-order valence-electron chi connectivity index (χ4n) is 7.23. The minimum atomic E-state index is -0.543. The normalized spacial score (nSPS) is 41.4. The minimum Gasteiger partial charge on any atom is -0.387 e. The van der Waals surface area contributed by atoms with Crippen molar-refractivity contribution in [2.75, 3.05) is 19.6 Å². The third kappa shape index (κ3) is 4.62. The van der Waals surface area contributed by atoms with E-state index in [1.807, 2.05) is 18.4 Å². The van der Waals surface area contributed by atoms with Crippen molar-refractivity contribution in [3.05, 3.63) is 45.5 Å². The summed E-state index contributed by atoms with van der Waals surface area (Å²) >= 11 is 6.98. The van der Waals surface area contributed by atoms with Gasteiger partial charge in [0.05, 0.1) is 17.5 Å². The van der Waals surface area contributed by atoms with Gasteiger partial charge in [-0.05, 0) is 80.6 Å². The highest BCUT2D eigenvalue weighted by molar-refractivity contribution is 9.12. The molecule has 3 nitrogen and oxygen atoms in total. The molecule has 0 spiro atoms. The van der Waals surface area contributed by atoms with Crippen LogP contribution >= 0.6 is 31.9 Å². The molecular weight excluding hydrogens is 516 g/mol. The van der Waals surface area contributed by atoms with Crippen molar-refractivity contribution < 1.29 is 5.11 Å². The number of nitrogens with one attached hydrogen (secondary N) is 1. The van der Waals surface area contributed by atoms with Crippen LogP contribution in [0.25, 0.3) is 0 Å². The van der Waals surface area contributed by atoms with Gasteiger partial charge in [0.1, 0.15) is 0 Å². The average Bonchev–Trinajstić information content (AvgIpc) is 3.14. The Morgan fingerprint density at radius 1 is 1.19 bits per heavy atom. The first kappa shape index (κ1) is 22.3. The summed E-state index contributed by atoms with van der Waals surface area (Å²) in [7, 11) is 0. The fourth-order valence-corrected chi connectivity index (χ4v) is 8.73. The van der Waals surface area contributed by atoms with E-state index in [1.165, 1.54) is 44.1 Å². The third-order valence-electron chi connectivity index (χ3n) is 8.32. The molecule has 4 saturated carbocycles. The molecule has 4 fully saturated rings. The van der Waals surface area contributed by atoms with Gasteiger partial charge >= 0.3 is 0 Å². The summed E-state index contributed by atoms with van der Waals surface area (Å²) in [6, 6.07) is 0. The van der Waals surface area contributed by atoms with Gasteiger partial charge < -0.3 is 10.4 Å². The quantitative estimate of drug-likeness (QED) is 0.243. The number of aliphatic imine (C=N–C) groups is 1. The predicted molar refractivity (Wildman–Crippen MR) is 136 cm³/mol. The Morgan fingerprint density at radius 3 is 2.71 bits per heavy atom. The number of hydrogen-bond acceptors (Lipinski definition) is 3. The molecule has 4 bridgehead atoms. The highest BCUT2D eigenvalue weighted by atomic mass is 79.9. The number of aliphatic hydroxyl groups excluding tert-OH is 1. The first-order valence-electron chi connectivity index (χ1n) is 11.9. The molecule has 0 aromatic heterocycles. The van der Waals surface area contributed by atoms with Crippen LogP contribution in [0.15, 0.2) is 50.5 Å². The Kier molecular flexibility index (Phi) is 6.51. The molecule has 168 valence electrons. The summed E-state index contributed by atoms with van der Waals surface area (Å²) in [6.45, 7) is 4.91.